The molecule has 2 unspecified atom stereocenters. The summed E-state index contributed by atoms with van der Waals surface area (Å²) in [5, 5.41) is 3.28. The van der Waals surface area contributed by atoms with Crippen LogP contribution in [0.15, 0.2) is 79.4 Å². The van der Waals surface area contributed by atoms with Crippen molar-refractivity contribution in [1.82, 2.24) is 14.5 Å². The molecule has 1 heterocycles. The van der Waals surface area contributed by atoms with E-state index in [1.807, 2.05) is 6.07 Å². The molecule has 0 fully saturated rings. The minimum Gasteiger partial charge on any atom is -0.347 e. The van der Waals surface area contributed by atoms with Gasteiger partial charge in [-0.3, -0.25) is 4.79 Å². The van der Waals surface area contributed by atoms with E-state index in [2.05, 4.69) is 48.1 Å². The van der Waals surface area contributed by atoms with Gasteiger partial charge < -0.3 is 14.8 Å². The SMILES string of the molecule is C=C(Nc1cn(C(C(=O)N(C)C)c2ccc(F)cc2)cn1)C(C)CCCc1ccccc1. The Morgan fingerprint density at radius 1 is 1.16 bits per heavy atom. The lowest BCUT2D eigenvalue weighted by Gasteiger charge is -2.22. The van der Waals surface area contributed by atoms with Crippen LogP contribution in [0, 0.1) is 11.7 Å². The molecular formula is C26H31FN4O. The third kappa shape index (κ3) is 6.06. The highest BCUT2D eigenvalue weighted by Crippen LogP contribution is 2.24. The van der Waals surface area contributed by atoms with Crippen LogP contribution in [0.3, 0.4) is 0 Å². The van der Waals surface area contributed by atoms with Crippen LogP contribution in [0.25, 0.3) is 0 Å². The van der Waals surface area contributed by atoms with Crippen molar-refractivity contribution in [3.8, 4) is 0 Å². The summed E-state index contributed by atoms with van der Waals surface area (Å²) in [6, 6.07) is 15.8. The fourth-order valence-corrected chi connectivity index (χ4v) is 3.59. The number of aryl methyl sites for hydroxylation is 1. The molecule has 0 saturated carbocycles. The fourth-order valence-electron chi connectivity index (χ4n) is 3.59. The Hall–Kier alpha value is -3.41. The number of carbonyl (C=O) groups is 1. The molecule has 1 aromatic heterocycles. The van der Waals surface area contributed by atoms with Gasteiger partial charge in [0.1, 0.15) is 17.7 Å². The lowest BCUT2D eigenvalue weighted by molar-refractivity contribution is -0.131. The maximum Gasteiger partial charge on any atom is 0.249 e. The number of rotatable bonds is 10. The highest BCUT2D eigenvalue weighted by molar-refractivity contribution is 5.83. The predicted molar refractivity (Wildman–Crippen MR) is 127 cm³/mol. The van der Waals surface area contributed by atoms with Gasteiger partial charge in [-0.1, -0.05) is 56.0 Å². The average molecular weight is 435 g/mol. The second-order valence-electron chi connectivity index (χ2n) is 8.32. The zero-order chi connectivity index (χ0) is 23.1. The van der Waals surface area contributed by atoms with E-state index < -0.39 is 6.04 Å². The fraction of sp³-hybridized carbons (Fsp3) is 0.308. The maximum atomic E-state index is 13.4. The van der Waals surface area contributed by atoms with Gasteiger partial charge in [0.25, 0.3) is 0 Å². The standard InChI is InChI=1S/C26H31FN4O/c1-19(9-8-12-21-10-6-5-7-11-21)20(2)29-24-17-31(18-28-24)25(26(32)30(3)4)22-13-15-23(27)16-14-22/h5-7,10-11,13-19,25,29H,2,8-9,12H2,1,3-4H3. The summed E-state index contributed by atoms with van der Waals surface area (Å²) in [4.78, 5) is 18.8. The second kappa shape index (κ2) is 10.8. The van der Waals surface area contributed by atoms with Gasteiger partial charge in [0.15, 0.2) is 0 Å². The summed E-state index contributed by atoms with van der Waals surface area (Å²) in [6.45, 7) is 6.33. The van der Waals surface area contributed by atoms with Crippen molar-refractivity contribution < 1.29 is 9.18 Å². The third-order valence-electron chi connectivity index (χ3n) is 5.59. The number of hydrogen-bond acceptors (Lipinski definition) is 3. The van der Waals surface area contributed by atoms with E-state index in [1.165, 1.54) is 22.6 Å². The number of hydrogen-bond donors (Lipinski definition) is 1. The summed E-state index contributed by atoms with van der Waals surface area (Å²) < 4.78 is 15.1. The van der Waals surface area contributed by atoms with E-state index in [4.69, 9.17) is 0 Å². The van der Waals surface area contributed by atoms with Gasteiger partial charge in [0.2, 0.25) is 5.91 Å². The molecule has 5 nitrogen and oxygen atoms in total. The van der Waals surface area contributed by atoms with Crippen LogP contribution in [0.1, 0.15) is 36.9 Å². The summed E-state index contributed by atoms with van der Waals surface area (Å²) in [5.41, 5.74) is 2.93. The second-order valence-corrected chi connectivity index (χ2v) is 8.32. The van der Waals surface area contributed by atoms with Gasteiger partial charge >= 0.3 is 0 Å². The first-order valence-corrected chi connectivity index (χ1v) is 10.8. The summed E-state index contributed by atoms with van der Waals surface area (Å²) in [7, 11) is 3.40. The lowest BCUT2D eigenvalue weighted by Crippen LogP contribution is -2.32. The van der Waals surface area contributed by atoms with Crippen LogP contribution in [0.2, 0.25) is 0 Å². The number of likely N-dealkylation sites (N-methyl/N-ethyl adjacent to an activating group) is 1. The summed E-state index contributed by atoms with van der Waals surface area (Å²) in [5.74, 6) is 0.452. The molecule has 6 heteroatoms. The molecule has 1 amide bonds. The number of allylic oxidation sites excluding steroid dienone is 1. The van der Waals surface area contributed by atoms with Gasteiger partial charge in [-0.2, -0.15) is 0 Å². The molecule has 0 aliphatic carbocycles. The molecule has 0 aliphatic heterocycles. The number of nitrogens with zero attached hydrogens (tertiary/aromatic N) is 3. The number of anilines is 1. The number of nitrogens with one attached hydrogen (secondary N) is 1. The minimum atomic E-state index is -0.620. The first-order chi connectivity index (χ1) is 15.3. The van der Waals surface area contributed by atoms with Crippen molar-refractivity contribution in [3.63, 3.8) is 0 Å². The lowest BCUT2D eigenvalue weighted by atomic mass is 9.99. The molecule has 0 bridgehead atoms. The third-order valence-corrected chi connectivity index (χ3v) is 5.59. The normalized spacial score (nSPS) is 12.8. The van der Waals surface area contributed by atoms with Crippen molar-refractivity contribution in [3.05, 3.63) is 96.3 Å². The predicted octanol–water partition coefficient (Wildman–Crippen LogP) is 5.28. The van der Waals surface area contributed by atoms with Gasteiger partial charge in [0.05, 0.1) is 6.33 Å². The van der Waals surface area contributed by atoms with E-state index >= 15 is 0 Å². The summed E-state index contributed by atoms with van der Waals surface area (Å²) >= 11 is 0. The first-order valence-electron chi connectivity index (χ1n) is 10.8. The van der Waals surface area contributed by atoms with Gasteiger partial charge in [0, 0.05) is 26.0 Å². The van der Waals surface area contributed by atoms with E-state index in [0.717, 1.165) is 25.0 Å². The van der Waals surface area contributed by atoms with Gasteiger partial charge in [-0.15, -0.1) is 0 Å². The monoisotopic (exact) mass is 434 g/mol. The number of aromatic nitrogens is 2. The number of halogens is 1. The van der Waals surface area contributed by atoms with E-state index in [1.54, 1.807) is 43.3 Å². The quantitative estimate of drug-likeness (QED) is 0.472. The first kappa shape index (κ1) is 23.3. The molecule has 1 N–H and O–H groups in total. The Balaban J connectivity index is 1.64. The van der Waals surface area contributed by atoms with Gasteiger partial charge in [-0.05, 0) is 48.4 Å². The van der Waals surface area contributed by atoms with Crippen LogP contribution in [0.4, 0.5) is 10.2 Å². The Morgan fingerprint density at radius 2 is 1.84 bits per heavy atom. The van der Waals surface area contributed by atoms with Crippen LogP contribution in [-0.2, 0) is 11.2 Å². The summed E-state index contributed by atoms with van der Waals surface area (Å²) in [6.07, 6.45) is 6.53. The average Bonchev–Trinajstić information content (AvgIpc) is 3.23. The smallest absolute Gasteiger partial charge is 0.249 e. The van der Waals surface area contributed by atoms with Crippen molar-refractivity contribution >= 4 is 11.7 Å². The molecule has 32 heavy (non-hydrogen) atoms. The van der Waals surface area contributed by atoms with Crippen LogP contribution >= 0.6 is 0 Å². The molecule has 3 rings (SSSR count). The van der Waals surface area contributed by atoms with Crippen molar-refractivity contribution in [1.29, 1.82) is 0 Å². The number of benzene rings is 2. The van der Waals surface area contributed by atoms with Gasteiger partial charge in [-0.25, -0.2) is 9.37 Å². The molecule has 0 saturated heterocycles. The Morgan fingerprint density at radius 3 is 2.50 bits per heavy atom. The number of imidazole rings is 1. The topological polar surface area (TPSA) is 50.2 Å². The molecule has 0 spiro atoms. The highest BCUT2D eigenvalue weighted by Gasteiger charge is 2.24. The zero-order valence-electron chi connectivity index (χ0n) is 19.0. The van der Waals surface area contributed by atoms with Crippen LogP contribution in [-0.4, -0.2) is 34.5 Å². The van der Waals surface area contributed by atoms with E-state index in [-0.39, 0.29) is 17.6 Å². The van der Waals surface area contributed by atoms with E-state index in [0.29, 0.717) is 11.4 Å². The van der Waals surface area contributed by atoms with Crippen molar-refractivity contribution in [2.45, 2.75) is 32.2 Å². The molecule has 3 aromatic rings. The molecule has 168 valence electrons. The number of amides is 1. The minimum absolute atomic E-state index is 0.117. The molecule has 2 atom stereocenters. The Kier molecular flexibility index (Phi) is 7.82. The van der Waals surface area contributed by atoms with Crippen molar-refractivity contribution in [2.24, 2.45) is 5.92 Å². The highest BCUT2D eigenvalue weighted by atomic mass is 19.1. The largest absolute Gasteiger partial charge is 0.347 e. The number of carbonyl (C=O) groups excluding carboxylic acids is 1. The van der Waals surface area contributed by atoms with Crippen molar-refractivity contribution in [2.75, 3.05) is 19.4 Å². The molecule has 0 radical (unpaired) electrons. The van der Waals surface area contributed by atoms with Crippen LogP contribution < -0.4 is 5.32 Å². The Bertz CT molecular complexity index is 1030. The molecule has 0 aliphatic rings. The van der Waals surface area contributed by atoms with E-state index in [9.17, 15) is 9.18 Å². The molecular weight excluding hydrogens is 403 g/mol. The maximum absolute atomic E-state index is 13.4. The zero-order valence-corrected chi connectivity index (χ0v) is 19.0. The Labute approximate surface area is 189 Å². The van der Waals surface area contributed by atoms with Crippen LogP contribution in [0.5, 0.6) is 0 Å². The molecule has 2 aromatic carbocycles.